The van der Waals surface area contributed by atoms with Crippen LogP contribution >= 0.6 is 11.6 Å². The van der Waals surface area contributed by atoms with Gasteiger partial charge in [-0.25, -0.2) is 9.78 Å². The third-order valence-corrected chi connectivity index (χ3v) is 3.11. The van der Waals surface area contributed by atoms with Crippen LogP contribution in [0.3, 0.4) is 0 Å². The fourth-order valence-electron chi connectivity index (χ4n) is 1.85. The van der Waals surface area contributed by atoms with Crippen LogP contribution in [0.15, 0.2) is 24.5 Å². The van der Waals surface area contributed by atoms with Crippen LogP contribution in [0.4, 0.5) is 13.6 Å². The van der Waals surface area contributed by atoms with Crippen molar-refractivity contribution >= 4 is 17.7 Å². The number of ether oxygens (including phenoxy) is 1. The predicted molar refractivity (Wildman–Crippen MR) is 72.2 cm³/mol. The highest BCUT2D eigenvalue weighted by Crippen LogP contribution is 2.31. The Kier molecular flexibility index (Phi) is 4.88. The Balaban J connectivity index is 2.46. The lowest BCUT2D eigenvalue weighted by Crippen LogP contribution is -2.19. The van der Waals surface area contributed by atoms with Crippen molar-refractivity contribution in [1.82, 2.24) is 14.8 Å². The van der Waals surface area contributed by atoms with Crippen LogP contribution < -0.4 is 5.73 Å². The zero-order chi connectivity index (χ0) is 16.3. The third-order valence-electron chi connectivity index (χ3n) is 2.79. The van der Waals surface area contributed by atoms with E-state index in [4.69, 9.17) is 22.1 Å². The second kappa shape index (κ2) is 6.67. The number of aromatic nitrogens is 3. The van der Waals surface area contributed by atoms with Crippen molar-refractivity contribution in [3.8, 4) is 11.4 Å². The summed E-state index contributed by atoms with van der Waals surface area (Å²) in [5, 5.41) is 12.8. The van der Waals surface area contributed by atoms with Crippen LogP contribution in [0, 0.1) is 0 Å². The predicted octanol–water partition coefficient (Wildman–Crippen LogP) is 2.12. The number of rotatable bonds is 5. The van der Waals surface area contributed by atoms with Crippen LogP contribution in [0.2, 0.25) is 5.02 Å². The van der Waals surface area contributed by atoms with Gasteiger partial charge >= 0.3 is 12.6 Å². The number of halogens is 3. The topological polar surface area (TPSA) is 103 Å². The van der Waals surface area contributed by atoms with Crippen LogP contribution in [0.1, 0.15) is 18.2 Å². The molecule has 0 saturated heterocycles. The van der Waals surface area contributed by atoms with Crippen LogP contribution in [-0.4, -0.2) is 32.6 Å². The number of nitrogens with zero attached hydrogens (tertiary/aromatic N) is 3. The second-order valence-electron chi connectivity index (χ2n) is 4.15. The zero-order valence-corrected chi connectivity index (χ0v) is 11.7. The van der Waals surface area contributed by atoms with E-state index < -0.39 is 25.4 Å². The van der Waals surface area contributed by atoms with Gasteiger partial charge in [0.25, 0.3) is 0 Å². The Morgan fingerprint density at radius 1 is 1.50 bits per heavy atom. The molecule has 2 aromatic rings. The molecule has 0 aliphatic heterocycles. The molecule has 1 atom stereocenters. The smallest absolute Gasteiger partial charge is 0.405 e. The van der Waals surface area contributed by atoms with Gasteiger partial charge in [0.1, 0.15) is 6.33 Å². The van der Waals surface area contributed by atoms with Gasteiger partial charge in [-0.2, -0.15) is 18.6 Å². The number of aliphatic hydroxyl groups is 1. The summed E-state index contributed by atoms with van der Waals surface area (Å²) in [5.41, 5.74) is 5.39. The van der Waals surface area contributed by atoms with Gasteiger partial charge in [0.2, 0.25) is 0 Å². The second-order valence-corrected chi connectivity index (χ2v) is 4.56. The normalized spacial score (nSPS) is 12.4. The summed E-state index contributed by atoms with van der Waals surface area (Å²) in [6, 6.07) is 4.25. The van der Waals surface area contributed by atoms with E-state index in [9.17, 15) is 18.7 Å². The highest BCUT2D eigenvalue weighted by molar-refractivity contribution is 6.33. The first-order valence-corrected chi connectivity index (χ1v) is 6.36. The molecule has 3 N–H and O–H groups in total. The van der Waals surface area contributed by atoms with E-state index in [1.807, 2.05) is 0 Å². The number of benzene rings is 1. The molecule has 0 fully saturated rings. The maximum atomic E-state index is 12.9. The summed E-state index contributed by atoms with van der Waals surface area (Å²) < 4.78 is 30.9. The molecule has 1 heterocycles. The van der Waals surface area contributed by atoms with Gasteiger partial charge in [0.15, 0.2) is 11.9 Å². The molecule has 0 aliphatic rings. The average Bonchev–Trinajstić information content (AvgIpc) is 2.94. The van der Waals surface area contributed by atoms with Gasteiger partial charge in [-0.3, -0.25) is 0 Å². The lowest BCUT2D eigenvalue weighted by Gasteiger charge is -2.16. The van der Waals surface area contributed by atoms with Gasteiger partial charge in [0.05, 0.1) is 11.6 Å². The monoisotopic (exact) mass is 332 g/mol. The standard InChI is InChI=1S/C12H11ClF2N4O3/c13-8-2-1-6(9(4-20)22-12(16)21)3-7(8)10-17-5-18-19(10)11(14)15/h1-3,5,9,11,20H,4H2,(H2,16,21). The lowest BCUT2D eigenvalue weighted by atomic mass is 10.1. The van der Waals surface area contributed by atoms with Crippen molar-refractivity contribution in [2.75, 3.05) is 6.61 Å². The lowest BCUT2D eigenvalue weighted by molar-refractivity contribution is 0.0582. The molecular formula is C12H11ClF2N4O3. The van der Waals surface area contributed by atoms with E-state index in [1.165, 1.54) is 18.2 Å². The first-order chi connectivity index (χ1) is 10.4. The number of carbonyl (C=O) groups is 1. The molecule has 118 valence electrons. The van der Waals surface area contributed by atoms with Crippen molar-refractivity contribution in [2.45, 2.75) is 12.7 Å². The molecule has 1 unspecified atom stereocenters. The molecule has 22 heavy (non-hydrogen) atoms. The molecule has 2 rings (SSSR count). The molecule has 1 amide bonds. The summed E-state index contributed by atoms with van der Waals surface area (Å²) in [7, 11) is 0. The number of aliphatic hydroxyl groups excluding tert-OH is 1. The molecule has 0 radical (unpaired) electrons. The summed E-state index contributed by atoms with van der Waals surface area (Å²) in [6.45, 7) is -3.43. The Bertz CT molecular complexity index is 680. The van der Waals surface area contributed by atoms with Crippen molar-refractivity contribution in [2.24, 2.45) is 5.73 Å². The van der Waals surface area contributed by atoms with E-state index in [0.29, 0.717) is 10.2 Å². The SMILES string of the molecule is NC(=O)OC(CO)c1ccc(Cl)c(-c2ncnn2C(F)F)c1. The largest absolute Gasteiger partial charge is 0.439 e. The number of amides is 1. The fraction of sp³-hybridized carbons (Fsp3) is 0.250. The summed E-state index contributed by atoms with van der Waals surface area (Å²) >= 11 is 6.00. The molecule has 10 heteroatoms. The maximum Gasteiger partial charge on any atom is 0.405 e. The highest BCUT2D eigenvalue weighted by atomic mass is 35.5. The van der Waals surface area contributed by atoms with Gasteiger partial charge < -0.3 is 15.6 Å². The minimum atomic E-state index is -2.90. The van der Waals surface area contributed by atoms with Crippen LogP contribution in [-0.2, 0) is 4.74 Å². The molecule has 1 aromatic heterocycles. The van der Waals surface area contributed by atoms with Crippen molar-refractivity contribution in [3.05, 3.63) is 35.1 Å². The molecule has 0 bridgehead atoms. The fourth-order valence-corrected chi connectivity index (χ4v) is 2.05. The molecule has 0 aliphatic carbocycles. The van der Waals surface area contributed by atoms with Gasteiger partial charge in [-0.05, 0) is 17.7 Å². The van der Waals surface area contributed by atoms with Gasteiger partial charge in [-0.1, -0.05) is 17.7 Å². The number of hydrogen-bond donors (Lipinski definition) is 2. The first-order valence-electron chi connectivity index (χ1n) is 5.98. The third kappa shape index (κ3) is 3.31. The van der Waals surface area contributed by atoms with E-state index in [0.717, 1.165) is 6.33 Å². The first kappa shape index (κ1) is 16.1. The minimum absolute atomic E-state index is 0.148. The number of carbonyl (C=O) groups excluding carboxylic acids is 1. The maximum absolute atomic E-state index is 12.9. The highest BCUT2D eigenvalue weighted by Gasteiger charge is 2.20. The number of primary amides is 1. The van der Waals surface area contributed by atoms with Crippen LogP contribution in [0.25, 0.3) is 11.4 Å². The Morgan fingerprint density at radius 2 is 2.23 bits per heavy atom. The Morgan fingerprint density at radius 3 is 2.82 bits per heavy atom. The van der Waals surface area contributed by atoms with Gasteiger partial charge in [0, 0.05) is 5.56 Å². The Labute approximate surface area is 128 Å². The number of nitrogens with two attached hydrogens (primary N) is 1. The molecule has 0 spiro atoms. The number of alkyl halides is 2. The number of hydrogen-bond acceptors (Lipinski definition) is 5. The van der Waals surface area contributed by atoms with Gasteiger partial charge in [-0.15, -0.1) is 0 Å². The van der Waals surface area contributed by atoms with Crippen molar-refractivity contribution < 1.29 is 23.4 Å². The summed E-state index contributed by atoms with van der Waals surface area (Å²) in [5.74, 6) is -0.155. The zero-order valence-electron chi connectivity index (χ0n) is 11.0. The minimum Gasteiger partial charge on any atom is -0.439 e. The van der Waals surface area contributed by atoms with E-state index in [2.05, 4.69) is 10.1 Å². The summed E-state index contributed by atoms with van der Waals surface area (Å²) in [4.78, 5) is 14.6. The molecule has 1 aromatic carbocycles. The molecule has 7 nitrogen and oxygen atoms in total. The summed E-state index contributed by atoms with van der Waals surface area (Å²) in [6.07, 6.45) is -1.16. The van der Waals surface area contributed by atoms with E-state index in [-0.39, 0.29) is 16.4 Å². The Hall–Kier alpha value is -2.26. The van der Waals surface area contributed by atoms with Crippen molar-refractivity contribution in [3.63, 3.8) is 0 Å². The van der Waals surface area contributed by atoms with E-state index >= 15 is 0 Å². The molecular weight excluding hydrogens is 322 g/mol. The molecule has 0 saturated carbocycles. The van der Waals surface area contributed by atoms with E-state index in [1.54, 1.807) is 0 Å². The van der Waals surface area contributed by atoms with Crippen molar-refractivity contribution in [1.29, 1.82) is 0 Å². The average molecular weight is 333 g/mol. The quantitative estimate of drug-likeness (QED) is 0.873. The van der Waals surface area contributed by atoms with Crippen LogP contribution in [0.5, 0.6) is 0 Å².